The minimum absolute atomic E-state index is 0.00837. The fourth-order valence-electron chi connectivity index (χ4n) is 4.04. The minimum atomic E-state index is -0.481. The molecule has 138 valence electrons. The van der Waals surface area contributed by atoms with Gasteiger partial charge in [-0.25, -0.2) is 4.79 Å². The molecule has 0 unspecified atom stereocenters. The standard InChI is InChI=1S/C17H18Cl2N4O3/c18-10-3-1-4-11(19)14(10)21-17(26)20-9-7-13-16(25)22-6-2-5-12(22)15(24)23(13)8-9/h1,3-4,9,12-13H,2,5-8H2,(H2,20,21,26)/t9-,12+,13-/m0/s1. The molecule has 4 rings (SSSR count). The van der Waals surface area contributed by atoms with Gasteiger partial charge in [-0.15, -0.1) is 0 Å². The largest absolute Gasteiger partial charge is 0.333 e. The van der Waals surface area contributed by atoms with Gasteiger partial charge in [-0.05, 0) is 31.4 Å². The van der Waals surface area contributed by atoms with Crippen LogP contribution in [-0.2, 0) is 9.59 Å². The first-order valence-electron chi connectivity index (χ1n) is 8.58. The summed E-state index contributed by atoms with van der Waals surface area (Å²) in [6.45, 7) is 0.979. The first kappa shape index (κ1) is 17.4. The van der Waals surface area contributed by atoms with Gasteiger partial charge in [-0.3, -0.25) is 9.59 Å². The summed E-state index contributed by atoms with van der Waals surface area (Å²) in [7, 11) is 0. The summed E-state index contributed by atoms with van der Waals surface area (Å²) >= 11 is 12.1. The number of carbonyl (C=O) groups excluding carboxylic acids is 3. The molecule has 3 saturated heterocycles. The van der Waals surface area contributed by atoms with Gasteiger partial charge in [0, 0.05) is 13.1 Å². The maximum Gasteiger partial charge on any atom is 0.319 e. The number of anilines is 1. The van der Waals surface area contributed by atoms with Crippen molar-refractivity contribution in [1.29, 1.82) is 0 Å². The summed E-state index contributed by atoms with van der Waals surface area (Å²) in [5.74, 6) is -0.0167. The van der Waals surface area contributed by atoms with Crippen molar-refractivity contribution < 1.29 is 14.4 Å². The molecule has 0 radical (unpaired) electrons. The van der Waals surface area contributed by atoms with Gasteiger partial charge in [0.15, 0.2) is 0 Å². The van der Waals surface area contributed by atoms with Gasteiger partial charge in [0.1, 0.15) is 12.1 Å². The molecule has 7 nitrogen and oxygen atoms in total. The lowest BCUT2D eigenvalue weighted by atomic mass is 10.1. The van der Waals surface area contributed by atoms with E-state index in [0.29, 0.717) is 35.2 Å². The molecular weight excluding hydrogens is 379 g/mol. The monoisotopic (exact) mass is 396 g/mol. The van der Waals surface area contributed by atoms with Crippen LogP contribution in [0.1, 0.15) is 19.3 Å². The Hall–Kier alpha value is -1.99. The Kier molecular flexibility index (Phi) is 4.44. The van der Waals surface area contributed by atoms with Crippen molar-refractivity contribution in [3.8, 4) is 0 Å². The second kappa shape index (κ2) is 6.63. The third-order valence-corrected chi connectivity index (χ3v) is 5.86. The van der Waals surface area contributed by atoms with Crippen LogP contribution in [0.5, 0.6) is 0 Å². The van der Waals surface area contributed by atoms with Crippen molar-refractivity contribution in [2.75, 3.05) is 18.4 Å². The Morgan fingerprint density at radius 2 is 1.77 bits per heavy atom. The summed E-state index contributed by atoms with van der Waals surface area (Å²) in [4.78, 5) is 40.8. The van der Waals surface area contributed by atoms with E-state index in [1.54, 1.807) is 28.0 Å². The van der Waals surface area contributed by atoms with E-state index in [2.05, 4.69) is 10.6 Å². The number of fused-ring (bicyclic) bond motifs is 2. The average molecular weight is 397 g/mol. The summed E-state index contributed by atoms with van der Waals surface area (Å²) in [5.41, 5.74) is 0.330. The molecule has 0 spiro atoms. The molecule has 0 aliphatic carbocycles. The highest BCUT2D eigenvalue weighted by Gasteiger charge is 2.51. The van der Waals surface area contributed by atoms with Crippen molar-refractivity contribution in [3.63, 3.8) is 0 Å². The zero-order valence-electron chi connectivity index (χ0n) is 13.9. The number of nitrogens with one attached hydrogen (secondary N) is 2. The molecule has 0 aromatic heterocycles. The highest BCUT2D eigenvalue weighted by atomic mass is 35.5. The lowest BCUT2D eigenvalue weighted by molar-refractivity contribution is -0.156. The molecule has 2 N–H and O–H groups in total. The number of piperazine rings is 1. The van der Waals surface area contributed by atoms with Gasteiger partial charge in [0.25, 0.3) is 0 Å². The van der Waals surface area contributed by atoms with E-state index >= 15 is 0 Å². The number of para-hydroxylation sites is 1. The number of urea groups is 1. The van der Waals surface area contributed by atoms with Gasteiger partial charge in [0.05, 0.1) is 21.8 Å². The van der Waals surface area contributed by atoms with E-state index in [9.17, 15) is 14.4 Å². The SMILES string of the molecule is O=C(Nc1c(Cl)cccc1Cl)N[C@H]1C[C@H]2C(=O)N3CCC[C@@H]3C(=O)N2C1. The molecule has 9 heteroatoms. The molecule has 3 atom stereocenters. The number of amides is 4. The number of halogens is 2. The molecule has 3 aliphatic rings. The average Bonchev–Trinajstić information content (AvgIpc) is 3.24. The first-order chi connectivity index (χ1) is 12.5. The maximum absolute atomic E-state index is 12.6. The predicted molar refractivity (Wildman–Crippen MR) is 97.3 cm³/mol. The summed E-state index contributed by atoms with van der Waals surface area (Å²) in [6, 6.07) is 3.37. The van der Waals surface area contributed by atoms with E-state index in [0.717, 1.165) is 12.8 Å². The molecule has 26 heavy (non-hydrogen) atoms. The van der Waals surface area contributed by atoms with Gasteiger partial charge in [-0.1, -0.05) is 29.3 Å². The van der Waals surface area contributed by atoms with Crippen LogP contribution in [0.2, 0.25) is 10.0 Å². The van der Waals surface area contributed by atoms with Crippen molar-refractivity contribution >= 4 is 46.7 Å². The molecule has 4 amide bonds. The highest BCUT2D eigenvalue weighted by Crippen LogP contribution is 2.33. The Labute approximate surface area is 160 Å². The molecule has 1 aromatic carbocycles. The topological polar surface area (TPSA) is 81.8 Å². The van der Waals surface area contributed by atoms with Crippen LogP contribution in [0.15, 0.2) is 18.2 Å². The lowest BCUT2D eigenvalue weighted by Gasteiger charge is -2.38. The van der Waals surface area contributed by atoms with Crippen molar-refractivity contribution in [2.24, 2.45) is 0 Å². The number of hydrogen-bond acceptors (Lipinski definition) is 3. The van der Waals surface area contributed by atoms with Crippen LogP contribution in [0.25, 0.3) is 0 Å². The predicted octanol–water partition coefficient (Wildman–Crippen LogP) is 2.09. The minimum Gasteiger partial charge on any atom is -0.333 e. The number of carbonyl (C=O) groups is 3. The third kappa shape index (κ3) is 2.89. The Morgan fingerprint density at radius 3 is 2.50 bits per heavy atom. The zero-order chi connectivity index (χ0) is 18.4. The van der Waals surface area contributed by atoms with E-state index < -0.39 is 12.1 Å². The number of nitrogens with zero attached hydrogens (tertiary/aromatic N) is 2. The van der Waals surface area contributed by atoms with E-state index in [1.165, 1.54) is 0 Å². The van der Waals surface area contributed by atoms with Crippen LogP contribution < -0.4 is 10.6 Å². The summed E-state index contributed by atoms with van der Waals surface area (Å²) in [6.07, 6.45) is 2.00. The Bertz CT molecular complexity index is 737. The van der Waals surface area contributed by atoms with Crippen LogP contribution in [0.3, 0.4) is 0 Å². The van der Waals surface area contributed by atoms with Crippen LogP contribution in [-0.4, -0.2) is 58.9 Å². The fourth-order valence-corrected chi connectivity index (χ4v) is 4.53. The lowest BCUT2D eigenvalue weighted by Crippen LogP contribution is -2.60. The van der Waals surface area contributed by atoms with Crippen molar-refractivity contribution in [1.82, 2.24) is 15.1 Å². The quantitative estimate of drug-likeness (QED) is 0.802. The van der Waals surface area contributed by atoms with Crippen LogP contribution >= 0.6 is 23.2 Å². The smallest absolute Gasteiger partial charge is 0.319 e. The summed E-state index contributed by atoms with van der Waals surface area (Å²) in [5, 5.41) is 6.12. The molecule has 3 fully saturated rings. The zero-order valence-corrected chi connectivity index (χ0v) is 15.4. The second-order valence-corrected chi connectivity index (χ2v) is 7.64. The van der Waals surface area contributed by atoms with Gasteiger partial charge < -0.3 is 20.4 Å². The highest BCUT2D eigenvalue weighted by molar-refractivity contribution is 6.39. The molecule has 0 saturated carbocycles. The molecule has 3 aliphatic heterocycles. The van der Waals surface area contributed by atoms with Gasteiger partial charge in [-0.2, -0.15) is 0 Å². The number of rotatable bonds is 2. The van der Waals surface area contributed by atoms with Gasteiger partial charge >= 0.3 is 6.03 Å². The fraction of sp³-hybridized carbons (Fsp3) is 0.471. The molecule has 1 aromatic rings. The number of hydrogen-bond donors (Lipinski definition) is 2. The second-order valence-electron chi connectivity index (χ2n) is 6.82. The van der Waals surface area contributed by atoms with E-state index in [1.807, 2.05) is 0 Å². The van der Waals surface area contributed by atoms with Crippen LogP contribution in [0, 0.1) is 0 Å². The Morgan fingerprint density at radius 1 is 1.08 bits per heavy atom. The normalized spacial score (nSPS) is 27.4. The Balaban J connectivity index is 1.42. The molecular formula is C17H18Cl2N4O3. The van der Waals surface area contributed by atoms with Crippen LogP contribution in [0.4, 0.5) is 10.5 Å². The van der Waals surface area contributed by atoms with E-state index in [-0.39, 0.29) is 23.9 Å². The number of benzene rings is 1. The third-order valence-electron chi connectivity index (χ3n) is 5.23. The molecule has 0 bridgehead atoms. The van der Waals surface area contributed by atoms with Gasteiger partial charge in [0.2, 0.25) is 11.8 Å². The van der Waals surface area contributed by atoms with E-state index in [4.69, 9.17) is 23.2 Å². The summed E-state index contributed by atoms with van der Waals surface area (Å²) < 4.78 is 0. The van der Waals surface area contributed by atoms with Crippen molar-refractivity contribution in [2.45, 2.75) is 37.4 Å². The first-order valence-corrected chi connectivity index (χ1v) is 9.34. The van der Waals surface area contributed by atoms with Crippen molar-refractivity contribution in [3.05, 3.63) is 28.2 Å². The molecule has 3 heterocycles. The maximum atomic E-state index is 12.6.